The van der Waals surface area contributed by atoms with Gasteiger partial charge in [0.1, 0.15) is 5.78 Å². The van der Waals surface area contributed by atoms with Crippen molar-refractivity contribution in [3.8, 4) is 0 Å². The summed E-state index contributed by atoms with van der Waals surface area (Å²) < 4.78 is 0. The average molecular weight is 279 g/mol. The molecule has 1 aliphatic rings. The SMILES string of the molecule is Cc1ccc(N[C@H](CC(=O)C2CC2)c2ccccc2)cc1. The summed E-state index contributed by atoms with van der Waals surface area (Å²) in [7, 11) is 0. The van der Waals surface area contributed by atoms with Crippen molar-refractivity contribution >= 4 is 11.5 Å². The Morgan fingerprint density at radius 3 is 2.38 bits per heavy atom. The van der Waals surface area contributed by atoms with Crippen LogP contribution in [0, 0.1) is 12.8 Å². The maximum atomic E-state index is 12.2. The van der Waals surface area contributed by atoms with Crippen LogP contribution in [-0.4, -0.2) is 5.78 Å². The van der Waals surface area contributed by atoms with Gasteiger partial charge in [-0.15, -0.1) is 0 Å². The highest BCUT2D eigenvalue weighted by Crippen LogP contribution is 2.34. The molecule has 1 saturated carbocycles. The average Bonchev–Trinajstić information content (AvgIpc) is 3.34. The summed E-state index contributed by atoms with van der Waals surface area (Å²) in [6.45, 7) is 2.08. The van der Waals surface area contributed by atoms with Crippen LogP contribution in [0.25, 0.3) is 0 Å². The summed E-state index contributed by atoms with van der Waals surface area (Å²) in [5.41, 5.74) is 3.48. The number of carbonyl (C=O) groups is 1. The van der Waals surface area contributed by atoms with Crippen molar-refractivity contribution in [3.05, 3.63) is 65.7 Å². The Hall–Kier alpha value is -2.09. The van der Waals surface area contributed by atoms with Crippen LogP contribution in [0.1, 0.15) is 36.4 Å². The van der Waals surface area contributed by atoms with Crippen molar-refractivity contribution in [2.75, 3.05) is 5.32 Å². The maximum Gasteiger partial charge on any atom is 0.138 e. The smallest absolute Gasteiger partial charge is 0.138 e. The predicted octanol–water partition coefficient (Wildman–Crippen LogP) is 4.52. The highest BCUT2D eigenvalue weighted by atomic mass is 16.1. The molecule has 3 rings (SSSR count). The molecule has 0 heterocycles. The zero-order valence-electron chi connectivity index (χ0n) is 12.4. The zero-order valence-corrected chi connectivity index (χ0v) is 12.4. The quantitative estimate of drug-likeness (QED) is 0.842. The van der Waals surface area contributed by atoms with E-state index in [2.05, 4.69) is 48.6 Å². The standard InChI is InChI=1S/C19H21NO/c1-14-7-11-17(12-8-14)20-18(13-19(21)16-9-10-16)15-5-3-2-4-6-15/h2-8,11-12,16,18,20H,9-10,13H2,1H3/t18-/m1/s1. The summed E-state index contributed by atoms with van der Waals surface area (Å²) in [6.07, 6.45) is 2.72. The number of Topliss-reactive ketones (excluding diaryl/α,β-unsaturated/α-hetero) is 1. The monoisotopic (exact) mass is 279 g/mol. The van der Waals surface area contributed by atoms with E-state index >= 15 is 0 Å². The van der Waals surface area contributed by atoms with Crippen molar-refractivity contribution in [2.45, 2.75) is 32.2 Å². The lowest BCUT2D eigenvalue weighted by molar-refractivity contribution is -0.120. The first kappa shape index (κ1) is 13.9. The molecule has 0 saturated heterocycles. The molecule has 0 bridgehead atoms. The number of rotatable bonds is 6. The van der Waals surface area contributed by atoms with Crippen molar-refractivity contribution in [1.82, 2.24) is 0 Å². The van der Waals surface area contributed by atoms with E-state index in [1.54, 1.807) is 0 Å². The van der Waals surface area contributed by atoms with Crippen LogP contribution in [0.15, 0.2) is 54.6 Å². The van der Waals surface area contributed by atoms with Crippen LogP contribution < -0.4 is 5.32 Å². The molecule has 1 aliphatic carbocycles. The van der Waals surface area contributed by atoms with Gasteiger partial charge in [0.2, 0.25) is 0 Å². The molecule has 108 valence electrons. The highest BCUT2D eigenvalue weighted by molar-refractivity contribution is 5.84. The third-order valence-electron chi connectivity index (χ3n) is 4.03. The van der Waals surface area contributed by atoms with Gasteiger partial charge in [-0.3, -0.25) is 4.79 Å². The van der Waals surface area contributed by atoms with Crippen LogP contribution in [0.2, 0.25) is 0 Å². The second-order valence-electron chi connectivity index (χ2n) is 5.92. The Balaban J connectivity index is 1.77. The van der Waals surface area contributed by atoms with E-state index in [0.29, 0.717) is 18.1 Å². The molecule has 2 nitrogen and oxygen atoms in total. The van der Waals surface area contributed by atoms with E-state index in [0.717, 1.165) is 18.5 Å². The minimum atomic E-state index is 0.0574. The van der Waals surface area contributed by atoms with Gasteiger partial charge in [-0.25, -0.2) is 0 Å². The number of ketones is 1. The third kappa shape index (κ3) is 3.72. The van der Waals surface area contributed by atoms with Crippen molar-refractivity contribution in [1.29, 1.82) is 0 Å². The predicted molar refractivity (Wildman–Crippen MR) is 86.3 cm³/mol. The summed E-state index contributed by atoms with van der Waals surface area (Å²) in [6, 6.07) is 18.6. The minimum Gasteiger partial charge on any atom is -0.378 e. The Kier molecular flexibility index (Phi) is 4.05. The van der Waals surface area contributed by atoms with E-state index < -0.39 is 0 Å². The molecule has 2 heteroatoms. The fourth-order valence-corrected chi connectivity index (χ4v) is 2.56. The van der Waals surface area contributed by atoms with Gasteiger partial charge in [0, 0.05) is 18.0 Å². The van der Waals surface area contributed by atoms with E-state index in [9.17, 15) is 4.79 Å². The van der Waals surface area contributed by atoms with Gasteiger partial charge in [0.15, 0.2) is 0 Å². The number of carbonyl (C=O) groups excluding carboxylic acids is 1. The molecule has 0 amide bonds. The molecule has 2 aromatic rings. The Labute approximate surface area is 126 Å². The Morgan fingerprint density at radius 2 is 1.76 bits per heavy atom. The molecule has 0 spiro atoms. The van der Waals surface area contributed by atoms with Gasteiger partial charge in [-0.1, -0.05) is 48.0 Å². The van der Waals surface area contributed by atoms with E-state index in [-0.39, 0.29) is 6.04 Å². The van der Waals surface area contributed by atoms with Gasteiger partial charge in [0.05, 0.1) is 6.04 Å². The third-order valence-corrected chi connectivity index (χ3v) is 4.03. The van der Waals surface area contributed by atoms with Crippen LogP contribution >= 0.6 is 0 Å². The summed E-state index contributed by atoms with van der Waals surface area (Å²) in [4.78, 5) is 12.2. The molecule has 21 heavy (non-hydrogen) atoms. The summed E-state index contributed by atoms with van der Waals surface area (Å²) in [5.74, 6) is 0.708. The Morgan fingerprint density at radius 1 is 1.10 bits per heavy atom. The first-order valence-electron chi connectivity index (χ1n) is 7.63. The summed E-state index contributed by atoms with van der Waals surface area (Å²) in [5, 5.41) is 3.52. The maximum absolute atomic E-state index is 12.2. The number of aryl methyl sites for hydroxylation is 1. The fourth-order valence-electron chi connectivity index (χ4n) is 2.56. The number of hydrogen-bond acceptors (Lipinski definition) is 2. The lowest BCUT2D eigenvalue weighted by Gasteiger charge is -2.20. The number of anilines is 1. The Bertz CT molecular complexity index is 599. The normalized spacial score (nSPS) is 15.5. The molecule has 1 atom stereocenters. The van der Waals surface area contributed by atoms with Crippen molar-refractivity contribution < 1.29 is 4.79 Å². The van der Waals surface area contributed by atoms with E-state index in [1.807, 2.05) is 18.2 Å². The van der Waals surface area contributed by atoms with Gasteiger partial charge in [0.25, 0.3) is 0 Å². The zero-order chi connectivity index (χ0) is 14.7. The minimum absolute atomic E-state index is 0.0574. The molecular formula is C19H21NO. The molecule has 0 unspecified atom stereocenters. The van der Waals surface area contributed by atoms with Crippen molar-refractivity contribution in [3.63, 3.8) is 0 Å². The van der Waals surface area contributed by atoms with Crippen LogP contribution in [0.3, 0.4) is 0 Å². The number of benzene rings is 2. The molecule has 0 aromatic heterocycles. The topological polar surface area (TPSA) is 29.1 Å². The van der Waals surface area contributed by atoms with Gasteiger partial charge < -0.3 is 5.32 Å². The van der Waals surface area contributed by atoms with E-state index in [1.165, 1.54) is 11.1 Å². The molecule has 0 radical (unpaired) electrons. The number of hydrogen-bond donors (Lipinski definition) is 1. The molecule has 1 N–H and O–H groups in total. The van der Waals surface area contributed by atoms with Gasteiger partial charge in [-0.05, 0) is 37.5 Å². The largest absolute Gasteiger partial charge is 0.378 e. The lowest BCUT2D eigenvalue weighted by atomic mass is 9.99. The van der Waals surface area contributed by atoms with Gasteiger partial charge in [-0.2, -0.15) is 0 Å². The highest BCUT2D eigenvalue weighted by Gasteiger charge is 2.31. The van der Waals surface area contributed by atoms with Crippen LogP contribution in [0.5, 0.6) is 0 Å². The van der Waals surface area contributed by atoms with Gasteiger partial charge >= 0.3 is 0 Å². The van der Waals surface area contributed by atoms with Crippen LogP contribution in [0.4, 0.5) is 5.69 Å². The van der Waals surface area contributed by atoms with Crippen molar-refractivity contribution in [2.24, 2.45) is 5.92 Å². The first-order chi connectivity index (χ1) is 10.2. The molecular weight excluding hydrogens is 258 g/mol. The molecule has 2 aromatic carbocycles. The van der Waals surface area contributed by atoms with E-state index in [4.69, 9.17) is 0 Å². The fraction of sp³-hybridized carbons (Fsp3) is 0.316. The van der Waals surface area contributed by atoms with Crippen LogP contribution in [-0.2, 0) is 4.79 Å². The second kappa shape index (κ2) is 6.13. The number of nitrogens with one attached hydrogen (secondary N) is 1. The molecule has 1 fully saturated rings. The first-order valence-corrected chi connectivity index (χ1v) is 7.63. The summed E-state index contributed by atoms with van der Waals surface area (Å²) >= 11 is 0. The second-order valence-corrected chi connectivity index (χ2v) is 5.92. The molecule has 0 aliphatic heterocycles. The lowest BCUT2D eigenvalue weighted by Crippen LogP contribution is -2.16.